The molecule has 0 saturated carbocycles. The van der Waals surface area contributed by atoms with E-state index in [1.165, 1.54) is 30.6 Å². The molecule has 0 aliphatic carbocycles. The van der Waals surface area contributed by atoms with E-state index >= 15 is 4.39 Å². The summed E-state index contributed by atoms with van der Waals surface area (Å²) in [6.07, 6.45) is 1.88. The van der Waals surface area contributed by atoms with Gasteiger partial charge in [-0.3, -0.25) is 4.72 Å². The Bertz CT molecular complexity index is 1760. The van der Waals surface area contributed by atoms with Crippen LogP contribution < -0.4 is 20.1 Å². The lowest BCUT2D eigenvalue weighted by Gasteiger charge is -2.26. The van der Waals surface area contributed by atoms with E-state index in [0.29, 0.717) is 18.7 Å². The molecule has 0 radical (unpaired) electrons. The van der Waals surface area contributed by atoms with Gasteiger partial charge in [0.2, 0.25) is 27.7 Å². The summed E-state index contributed by atoms with van der Waals surface area (Å²) < 4.78 is 118. The predicted molar refractivity (Wildman–Crippen MR) is 144 cm³/mol. The van der Waals surface area contributed by atoms with Crippen molar-refractivity contribution in [3.8, 4) is 22.9 Å². The molecule has 0 bridgehead atoms. The maximum absolute atomic E-state index is 15.0. The molecule has 1 aliphatic rings. The maximum Gasteiger partial charge on any atom is 0.237 e. The van der Waals surface area contributed by atoms with Crippen LogP contribution in [0.2, 0.25) is 0 Å². The van der Waals surface area contributed by atoms with Crippen molar-refractivity contribution in [2.24, 2.45) is 0 Å². The summed E-state index contributed by atoms with van der Waals surface area (Å²) in [6, 6.07) is 6.70. The third-order valence-electron chi connectivity index (χ3n) is 6.28. The summed E-state index contributed by atoms with van der Waals surface area (Å²) in [7, 11) is -4.67. The van der Waals surface area contributed by atoms with Crippen molar-refractivity contribution < 1.29 is 39.5 Å². The van der Waals surface area contributed by atoms with Gasteiger partial charge in [0.15, 0.2) is 17.4 Å². The molecule has 5 rings (SSSR count). The summed E-state index contributed by atoms with van der Waals surface area (Å²) >= 11 is 0. The molecule has 3 heterocycles. The van der Waals surface area contributed by atoms with Gasteiger partial charge in [0.25, 0.3) is 0 Å². The number of aromatic nitrogens is 3. The summed E-state index contributed by atoms with van der Waals surface area (Å²) in [4.78, 5) is 12.5. The third kappa shape index (κ3) is 7.14. The number of piperidine rings is 1. The molecule has 43 heavy (non-hydrogen) atoms. The number of nitrogens with zero attached hydrogens (tertiary/aromatic N) is 3. The highest BCUT2D eigenvalue weighted by atomic mass is 32.2. The van der Waals surface area contributed by atoms with Crippen LogP contribution in [0.25, 0.3) is 11.3 Å². The molecular weight excluding hydrogens is 602 g/mol. The number of nitrogens with one attached hydrogen (secondary N) is 3. The van der Waals surface area contributed by atoms with Crippen molar-refractivity contribution in [1.82, 2.24) is 20.3 Å². The van der Waals surface area contributed by atoms with Gasteiger partial charge >= 0.3 is 0 Å². The topological polar surface area (TPSA) is 118 Å². The molecule has 2 aromatic heterocycles. The molecule has 3 N–H and O–H groups in total. The zero-order valence-corrected chi connectivity index (χ0v) is 22.7. The molecule has 9 nitrogen and oxygen atoms in total. The predicted octanol–water partition coefficient (Wildman–Crippen LogP) is 5.08. The van der Waals surface area contributed by atoms with Crippen LogP contribution >= 0.6 is 0 Å². The standard InChI is InChI=1S/C27H22F6N6O3S/c28-15-4-3-14(19(30)9-15)13-43(40,41)39-25-20(31)10-22(23(32)24(25)33)42-26-18(2-1-6-35-26)21-5-7-36-27(38-21)37-17-8-16(29)11-34-12-17/h1-7,9-10,16-17,34,39H,8,11-13H2,(H,36,37,38)/t16-,17-/m0/s1. The van der Waals surface area contributed by atoms with Gasteiger partial charge in [-0.05, 0) is 24.3 Å². The zero-order valence-electron chi connectivity index (χ0n) is 21.9. The monoisotopic (exact) mass is 624 g/mol. The van der Waals surface area contributed by atoms with Crippen molar-refractivity contribution in [3.05, 3.63) is 89.5 Å². The van der Waals surface area contributed by atoms with Gasteiger partial charge in [-0.25, -0.2) is 45.3 Å². The third-order valence-corrected chi connectivity index (χ3v) is 7.49. The highest BCUT2D eigenvalue weighted by Gasteiger charge is 2.26. The van der Waals surface area contributed by atoms with Crippen LogP contribution in [0.3, 0.4) is 0 Å². The molecule has 0 spiro atoms. The summed E-state index contributed by atoms with van der Waals surface area (Å²) in [5.41, 5.74) is -1.43. The number of ether oxygens (including phenoxy) is 1. The highest BCUT2D eigenvalue weighted by Crippen LogP contribution is 2.36. The van der Waals surface area contributed by atoms with E-state index in [-0.39, 0.29) is 42.1 Å². The fourth-order valence-electron chi connectivity index (χ4n) is 4.31. The molecule has 226 valence electrons. The smallest absolute Gasteiger partial charge is 0.237 e. The molecule has 1 aliphatic heterocycles. The van der Waals surface area contributed by atoms with E-state index in [9.17, 15) is 30.4 Å². The normalized spacial score (nSPS) is 17.0. The maximum atomic E-state index is 15.0. The van der Waals surface area contributed by atoms with Crippen LogP contribution in [0.5, 0.6) is 11.6 Å². The Morgan fingerprint density at radius 1 is 0.953 bits per heavy atom. The number of hydrogen-bond donors (Lipinski definition) is 3. The molecule has 2 atom stereocenters. The fraction of sp³-hybridized carbons (Fsp3) is 0.222. The van der Waals surface area contributed by atoms with E-state index in [2.05, 4.69) is 25.6 Å². The number of rotatable bonds is 9. The zero-order chi connectivity index (χ0) is 30.7. The first-order chi connectivity index (χ1) is 20.5. The minimum Gasteiger partial charge on any atom is -0.435 e. The van der Waals surface area contributed by atoms with Crippen LogP contribution in [-0.4, -0.2) is 48.7 Å². The lowest BCUT2D eigenvalue weighted by atomic mass is 10.1. The number of hydrogen-bond acceptors (Lipinski definition) is 8. The number of pyridine rings is 1. The summed E-state index contributed by atoms with van der Waals surface area (Å²) in [5, 5.41) is 5.97. The number of anilines is 2. The van der Waals surface area contributed by atoms with Gasteiger partial charge in [-0.1, -0.05) is 6.07 Å². The van der Waals surface area contributed by atoms with Gasteiger partial charge in [-0.2, -0.15) is 4.39 Å². The quantitative estimate of drug-likeness (QED) is 0.174. The molecule has 1 fully saturated rings. The van der Waals surface area contributed by atoms with Crippen molar-refractivity contribution in [2.45, 2.75) is 24.4 Å². The van der Waals surface area contributed by atoms with Crippen molar-refractivity contribution >= 4 is 21.7 Å². The lowest BCUT2D eigenvalue weighted by Crippen LogP contribution is -2.44. The Labute approximate surface area is 241 Å². The second-order valence-corrected chi connectivity index (χ2v) is 11.2. The van der Waals surface area contributed by atoms with Gasteiger partial charge in [0.05, 0.1) is 17.0 Å². The van der Waals surface area contributed by atoms with Crippen LogP contribution in [0, 0.1) is 29.1 Å². The Balaban J connectivity index is 1.38. The molecular formula is C27H22F6N6O3S. The second kappa shape index (κ2) is 12.4. The number of alkyl halides is 1. The van der Waals surface area contributed by atoms with Crippen molar-refractivity contribution in [3.63, 3.8) is 0 Å². The first-order valence-electron chi connectivity index (χ1n) is 12.7. The molecule has 1 saturated heterocycles. The van der Waals surface area contributed by atoms with Gasteiger partial charge in [0, 0.05) is 55.6 Å². The van der Waals surface area contributed by atoms with Gasteiger partial charge in [-0.15, -0.1) is 0 Å². The minimum atomic E-state index is -4.67. The van der Waals surface area contributed by atoms with Crippen LogP contribution in [0.15, 0.2) is 54.9 Å². The molecule has 4 aromatic rings. The van der Waals surface area contributed by atoms with E-state index in [4.69, 9.17) is 4.74 Å². The largest absolute Gasteiger partial charge is 0.435 e. The average Bonchev–Trinajstić information content (AvgIpc) is 2.96. The minimum absolute atomic E-state index is 0.161. The van der Waals surface area contributed by atoms with Crippen LogP contribution in [-0.2, 0) is 15.8 Å². The lowest BCUT2D eigenvalue weighted by molar-refractivity contribution is 0.254. The number of benzene rings is 2. The first-order valence-corrected chi connectivity index (χ1v) is 14.3. The molecule has 2 aromatic carbocycles. The average molecular weight is 625 g/mol. The van der Waals surface area contributed by atoms with E-state index < -0.39 is 68.0 Å². The SMILES string of the molecule is O=S(=O)(Cc1ccc(F)cc1F)Nc1c(F)cc(Oc2ncccc2-c2ccnc(N[C@@H]3CNC[C@@H](F)C3)n2)c(F)c1F. The Morgan fingerprint density at radius 2 is 1.77 bits per heavy atom. The number of halogens is 6. The van der Waals surface area contributed by atoms with E-state index in [1.807, 2.05) is 0 Å². The number of sulfonamides is 1. The van der Waals surface area contributed by atoms with Gasteiger partial charge in [0.1, 0.15) is 23.5 Å². The van der Waals surface area contributed by atoms with E-state index in [0.717, 1.165) is 12.1 Å². The second-order valence-electron chi connectivity index (χ2n) is 9.51. The fourth-order valence-corrected chi connectivity index (χ4v) is 5.52. The van der Waals surface area contributed by atoms with Crippen molar-refractivity contribution in [2.75, 3.05) is 23.1 Å². The van der Waals surface area contributed by atoms with Crippen molar-refractivity contribution in [1.29, 1.82) is 0 Å². The molecule has 0 unspecified atom stereocenters. The van der Waals surface area contributed by atoms with Crippen LogP contribution in [0.1, 0.15) is 12.0 Å². The van der Waals surface area contributed by atoms with Crippen LogP contribution in [0.4, 0.5) is 38.0 Å². The highest BCUT2D eigenvalue weighted by molar-refractivity contribution is 7.91. The summed E-state index contributed by atoms with van der Waals surface area (Å²) in [6.45, 7) is 0.733. The molecule has 0 amide bonds. The summed E-state index contributed by atoms with van der Waals surface area (Å²) in [5.74, 6) is -9.60. The first kappa shape index (κ1) is 30.0. The Morgan fingerprint density at radius 3 is 2.53 bits per heavy atom. The molecule has 16 heteroatoms. The Kier molecular flexibility index (Phi) is 8.68. The van der Waals surface area contributed by atoms with E-state index in [1.54, 1.807) is 4.72 Å². The Hall–Kier alpha value is -4.44. The van der Waals surface area contributed by atoms with Gasteiger partial charge < -0.3 is 15.4 Å².